The molecule has 1 aliphatic rings. The Morgan fingerprint density at radius 2 is 2.32 bits per heavy atom. The van der Waals surface area contributed by atoms with Crippen molar-refractivity contribution in [3.63, 3.8) is 0 Å². The standard InChI is InChI=1S/C13H16N4O2/c1-9-3-6-16(10(8-9)13(18)19)11-4-7-17-12(15-11)2-5-14-17/h2,4-5,7,9-10H,3,6,8H2,1H3,(H,18,19). The van der Waals surface area contributed by atoms with E-state index >= 15 is 0 Å². The molecule has 0 radical (unpaired) electrons. The predicted octanol–water partition coefficient (Wildman–Crippen LogP) is 1.42. The van der Waals surface area contributed by atoms with Crippen molar-refractivity contribution in [2.24, 2.45) is 5.92 Å². The van der Waals surface area contributed by atoms with Crippen molar-refractivity contribution < 1.29 is 9.90 Å². The third kappa shape index (κ3) is 2.14. The van der Waals surface area contributed by atoms with Gasteiger partial charge in [-0.05, 0) is 24.8 Å². The number of anilines is 1. The number of piperidine rings is 1. The Balaban J connectivity index is 1.96. The first-order chi connectivity index (χ1) is 9.15. The van der Waals surface area contributed by atoms with Gasteiger partial charge in [-0.15, -0.1) is 0 Å². The average Bonchev–Trinajstić information content (AvgIpc) is 2.85. The van der Waals surface area contributed by atoms with Crippen molar-refractivity contribution in [2.45, 2.75) is 25.8 Å². The molecule has 2 atom stereocenters. The van der Waals surface area contributed by atoms with E-state index < -0.39 is 12.0 Å². The van der Waals surface area contributed by atoms with Crippen LogP contribution in [0.15, 0.2) is 24.5 Å². The first kappa shape index (κ1) is 12.0. The number of fused-ring (bicyclic) bond motifs is 1. The average molecular weight is 260 g/mol. The highest BCUT2D eigenvalue weighted by molar-refractivity contribution is 5.78. The summed E-state index contributed by atoms with van der Waals surface area (Å²) < 4.78 is 1.67. The number of hydrogen-bond donors (Lipinski definition) is 1. The topological polar surface area (TPSA) is 70.7 Å². The Hall–Kier alpha value is -2.11. The van der Waals surface area contributed by atoms with Gasteiger partial charge in [-0.3, -0.25) is 0 Å². The van der Waals surface area contributed by atoms with Crippen molar-refractivity contribution in [3.8, 4) is 0 Å². The summed E-state index contributed by atoms with van der Waals surface area (Å²) >= 11 is 0. The Kier molecular flexibility index (Phi) is 2.85. The van der Waals surface area contributed by atoms with Gasteiger partial charge in [0, 0.05) is 18.8 Å². The fraction of sp³-hybridized carbons (Fsp3) is 0.462. The van der Waals surface area contributed by atoms with Crippen LogP contribution in [0.5, 0.6) is 0 Å². The van der Waals surface area contributed by atoms with E-state index in [1.165, 1.54) is 0 Å². The fourth-order valence-electron chi connectivity index (χ4n) is 2.61. The zero-order valence-corrected chi connectivity index (χ0v) is 10.7. The van der Waals surface area contributed by atoms with Gasteiger partial charge in [-0.1, -0.05) is 6.92 Å². The van der Waals surface area contributed by atoms with Gasteiger partial charge in [0.05, 0.1) is 6.20 Å². The fourth-order valence-corrected chi connectivity index (χ4v) is 2.61. The van der Waals surface area contributed by atoms with Gasteiger partial charge < -0.3 is 10.0 Å². The summed E-state index contributed by atoms with van der Waals surface area (Å²) in [6.45, 7) is 2.83. The number of hydrogen-bond acceptors (Lipinski definition) is 4. The molecule has 6 nitrogen and oxygen atoms in total. The molecule has 3 heterocycles. The minimum absolute atomic E-state index is 0.441. The van der Waals surface area contributed by atoms with Crippen molar-refractivity contribution in [1.29, 1.82) is 0 Å². The van der Waals surface area contributed by atoms with Crippen LogP contribution in [0.25, 0.3) is 5.65 Å². The number of rotatable bonds is 2. The quantitative estimate of drug-likeness (QED) is 0.884. The second-order valence-corrected chi connectivity index (χ2v) is 5.10. The van der Waals surface area contributed by atoms with E-state index in [0.29, 0.717) is 18.2 Å². The van der Waals surface area contributed by atoms with E-state index in [1.807, 2.05) is 23.2 Å². The first-order valence-corrected chi connectivity index (χ1v) is 6.45. The minimum Gasteiger partial charge on any atom is -0.480 e. The molecule has 6 heteroatoms. The van der Waals surface area contributed by atoms with Crippen LogP contribution in [0.1, 0.15) is 19.8 Å². The lowest BCUT2D eigenvalue weighted by atomic mass is 9.92. The van der Waals surface area contributed by atoms with Crippen LogP contribution in [0.4, 0.5) is 5.82 Å². The van der Waals surface area contributed by atoms with Crippen LogP contribution < -0.4 is 4.90 Å². The second kappa shape index (κ2) is 4.53. The number of aliphatic carboxylic acids is 1. The van der Waals surface area contributed by atoms with Crippen molar-refractivity contribution in [2.75, 3.05) is 11.4 Å². The third-order valence-electron chi connectivity index (χ3n) is 3.69. The predicted molar refractivity (Wildman–Crippen MR) is 70.2 cm³/mol. The van der Waals surface area contributed by atoms with Crippen molar-refractivity contribution in [1.82, 2.24) is 14.6 Å². The zero-order chi connectivity index (χ0) is 13.4. The van der Waals surface area contributed by atoms with Gasteiger partial charge in [0.2, 0.25) is 0 Å². The molecule has 2 aromatic heterocycles. The Bertz CT molecular complexity index is 609. The number of carboxylic acids is 1. The molecule has 1 N–H and O–H groups in total. The van der Waals surface area contributed by atoms with Crippen LogP contribution in [0.2, 0.25) is 0 Å². The molecule has 1 saturated heterocycles. The van der Waals surface area contributed by atoms with Gasteiger partial charge in [0.25, 0.3) is 0 Å². The lowest BCUT2D eigenvalue weighted by molar-refractivity contribution is -0.139. The molecule has 2 unspecified atom stereocenters. The summed E-state index contributed by atoms with van der Waals surface area (Å²) in [5, 5.41) is 13.5. The highest BCUT2D eigenvalue weighted by Crippen LogP contribution is 2.27. The van der Waals surface area contributed by atoms with E-state index in [1.54, 1.807) is 10.7 Å². The van der Waals surface area contributed by atoms with Crippen molar-refractivity contribution >= 4 is 17.4 Å². The van der Waals surface area contributed by atoms with E-state index in [0.717, 1.165) is 18.6 Å². The summed E-state index contributed by atoms with van der Waals surface area (Å²) in [7, 11) is 0. The van der Waals surface area contributed by atoms with Crippen molar-refractivity contribution in [3.05, 3.63) is 24.5 Å². The molecule has 3 rings (SSSR count). The number of nitrogens with zero attached hydrogens (tertiary/aromatic N) is 4. The maximum Gasteiger partial charge on any atom is 0.326 e. The lowest BCUT2D eigenvalue weighted by Gasteiger charge is -2.36. The van der Waals surface area contributed by atoms with Gasteiger partial charge >= 0.3 is 5.97 Å². The largest absolute Gasteiger partial charge is 0.480 e. The zero-order valence-electron chi connectivity index (χ0n) is 10.7. The summed E-state index contributed by atoms with van der Waals surface area (Å²) in [6, 6.07) is 3.15. The van der Waals surface area contributed by atoms with Gasteiger partial charge in [-0.2, -0.15) is 5.10 Å². The molecular weight excluding hydrogens is 244 g/mol. The maximum absolute atomic E-state index is 11.4. The molecule has 1 aliphatic heterocycles. The molecule has 0 aromatic carbocycles. The maximum atomic E-state index is 11.4. The molecule has 19 heavy (non-hydrogen) atoms. The van der Waals surface area contributed by atoms with Crippen LogP contribution in [0.3, 0.4) is 0 Å². The second-order valence-electron chi connectivity index (χ2n) is 5.10. The first-order valence-electron chi connectivity index (χ1n) is 6.45. The van der Waals surface area contributed by atoms with Gasteiger partial charge in [0.15, 0.2) is 5.65 Å². The molecule has 0 saturated carbocycles. The molecule has 1 fully saturated rings. The minimum atomic E-state index is -0.776. The van der Waals surface area contributed by atoms with E-state index in [9.17, 15) is 9.90 Å². The third-order valence-corrected chi connectivity index (χ3v) is 3.69. The number of carbonyl (C=O) groups is 1. The Labute approximate surface area is 110 Å². The van der Waals surface area contributed by atoms with E-state index in [-0.39, 0.29) is 0 Å². The smallest absolute Gasteiger partial charge is 0.326 e. The molecule has 0 spiro atoms. The van der Waals surface area contributed by atoms with Crippen LogP contribution in [-0.2, 0) is 4.79 Å². The van der Waals surface area contributed by atoms with E-state index in [4.69, 9.17) is 0 Å². The highest BCUT2D eigenvalue weighted by atomic mass is 16.4. The molecule has 0 aliphatic carbocycles. The Morgan fingerprint density at radius 1 is 1.47 bits per heavy atom. The summed E-state index contributed by atoms with van der Waals surface area (Å²) in [4.78, 5) is 17.8. The number of aromatic nitrogens is 3. The monoisotopic (exact) mass is 260 g/mol. The van der Waals surface area contributed by atoms with Crippen LogP contribution in [-0.4, -0.2) is 38.3 Å². The molecular formula is C13H16N4O2. The SMILES string of the molecule is CC1CCN(c2ccn3nccc3n2)C(C(=O)O)C1. The summed E-state index contributed by atoms with van der Waals surface area (Å²) in [5.41, 5.74) is 0.736. The molecule has 0 bridgehead atoms. The van der Waals surface area contributed by atoms with Crippen LogP contribution in [0, 0.1) is 5.92 Å². The van der Waals surface area contributed by atoms with Crippen LogP contribution >= 0.6 is 0 Å². The summed E-state index contributed by atoms with van der Waals surface area (Å²) in [5.74, 6) is 0.380. The molecule has 100 valence electrons. The lowest BCUT2D eigenvalue weighted by Crippen LogP contribution is -2.47. The molecule has 0 amide bonds. The normalized spacial score (nSPS) is 23.7. The van der Waals surface area contributed by atoms with Gasteiger partial charge in [0.1, 0.15) is 11.9 Å². The summed E-state index contributed by atoms with van der Waals surface area (Å²) in [6.07, 6.45) is 5.16. The number of carboxylic acid groups (broad SMARTS) is 1. The van der Waals surface area contributed by atoms with Gasteiger partial charge in [-0.25, -0.2) is 14.3 Å². The van der Waals surface area contributed by atoms with E-state index in [2.05, 4.69) is 17.0 Å². The molecule has 2 aromatic rings. The Morgan fingerprint density at radius 3 is 3.11 bits per heavy atom. The highest BCUT2D eigenvalue weighted by Gasteiger charge is 2.32.